The minimum absolute atomic E-state index is 0.0531. The first-order chi connectivity index (χ1) is 18.2. The molecule has 200 valence electrons. The van der Waals surface area contributed by atoms with Crippen molar-refractivity contribution >= 4 is 16.9 Å². The van der Waals surface area contributed by atoms with Crippen LogP contribution in [0.5, 0.6) is 5.75 Å². The van der Waals surface area contributed by atoms with Gasteiger partial charge in [0.2, 0.25) is 5.91 Å². The molecule has 1 amide bonds. The molecular weight excluding hydrogens is 505 g/mol. The number of fused-ring (bicyclic) bond motifs is 2. The Morgan fingerprint density at radius 1 is 1.18 bits per heavy atom. The molecule has 2 aromatic heterocycles. The van der Waals surface area contributed by atoms with Crippen molar-refractivity contribution in [3.63, 3.8) is 0 Å². The molecular formula is C25H25F3N6O4. The predicted molar refractivity (Wildman–Crippen MR) is 128 cm³/mol. The normalized spacial score (nSPS) is 15.8. The lowest BCUT2D eigenvalue weighted by atomic mass is 9.91. The van der Waals surface area contributed by atoms with E-state index in [4.69, 9.17) is 9.47 Å². The summed E-state index contributed by atoms with van der Waals surface area (Å²) in [6.07, 6.45) is -1.28. The van der Waals surface area contributed by atoms with Crippen LogP contribution in [0, 0.1) is 11.3 Å². The van der Waals surface area contributed by atoms with Crippen molar-refractivity contribution in [1.82, 2.24) is 24.6 Å². The summed E-state index contributed by atoms with van der Waals surface area (Å²) in [6.45, 7) is 0.126. The third-order valence-electron chi connectivity index (χ3n) is 6.68. The number of amides is 1. The SMILES string of the molecule is N#Cc1cc2[nH]c(Cc3nn(CC(=O)N4CCOCC4)c(=O)c4c3CCCC4)nc2cc1OCC(F)(F)F. The molecule has 5 rings (SSSR count). The average molecular weight is 531 g/mol. The maximum absolute atomic E-state index is 13.2. The molecule has 1 fully saturated rings. The molecule has 1 saturated heterocycles. The van der Waals surface area contributed by atoms with Crippen LogP contribution in [0.2, 0.25) is 0 Å². The van der Waals surface area contributed by atoms with E-state index in [-0.39, 0.29) is 35.7 Å². The molecule has 0 radical (unpaired) electrons. The van der Waals surface area contributed by atoms with Gasteiger partial charge >= 0.3 is 6.18 Å². The number of ether oxygens (including phenoxy) is 2. The Kier molecular flexibility index (Phi) is 7.07. The molecule has 38 heavy (non-hydrogen) atoms. The molecule has 0 bridgehead atoms. The number of benzene rings is 1. The van der Waals surface area contributed by atoms with E-state index >= 15 is 0 Å². The summed E-state index contributed by atoms with van der Waals surface area (Å²) in [5.41, 5.74) is 2.59. The highest BCUT2D eigenvalue weighted by Crippen LogP contribution is 2.28. The van der Waals surface area contributed by atoms with Crippen LogP contribution in [0.4, 0.5) is 13.2 Å². The van der Waals surface area contributed by atoms with E-state index in [1.165, 1.54) is 16.8 Å². The van der Waals surface area contributed by atoms with E-state index in [1.807, 2.05) is 6.07 Å². The molecule has 0 atom stereocenters. The number of hydrogen-bond acceptors (Lipinski definition) is 7. The number of alkyl halides is 3. The van der Waals surface area contributed by atoms with Crippen molar-refractivity contribution in [3.05, 3.63) is 50.7 Å². The van der Waals surface area contributed by atoms with Crippen LogP contribution in [-0.2, 0) is 35.3 Å². The van der Waals surface area contributed by atoms with Crippen LogP contribution < -0.4 is 10.3 Å². The highest BCUT2D eigenvalue weighted by atomic mass is 19.4. The quantitative estimate of drug-likeness (QED) is 0.518. The number of hydrogen-bond donors (Lipinski definition) is 1. The third kappa shape index (κ3) is 5.50. The van der Waals surface area contributed by atoms with Gasteiger partial charge in [0.05, 0.1) is 41.9 Å². The molecule has 1 aliphatic heterocycles. The van der Waals surface area contributed by atoms with Gasteiger partial charge in [-0.15, -0.1) is 0 Å². The Bertz CT molecular complexity index is 1470. The maximum atomic E-state index is 13.2. The molecule has 10 nitrogen and oxygen atoms in total. The Hall–Kier alpha value is -3.92. The molecule has 0 unspecified atom stereocenters. The fraction of sp³-hybridized carbons (Fsp3) is 0.480. The van der Waals surface area contributed by atoms with Crippen molar-refractivity contribution in [2.24, 2.45) is 0 Å². The number of nitrogens with zero attached hydrogens (tertiary/aromatic N) is 5. The third-order valence-corrected chi connectivity index (χ3v) is 6.68. The number of carbonyl (C=O) groups is 1. The number of nitriles is 1. The summed E-state index contributed by atoms with van der Waals surface area (Å²) >= 11 is 0. The number of H-pyrrole nitrogens is 1. The van der Waals surface area contributed by atoms with Crippen molar-refractivity contribution in [1.29, 1.82) is 5.26 Å². The summed E-state index contributed by atoms with van der Waals surface area (Å²) in [4.78, 5) is 35.2. The summed E-state index contributed by atoms with van der Waals surface area (Å²) < 4.78 is 49.2. The van der Waals surface area contributed by atoms with E-state index in [0.29, 0.717) is 67.3 Å². The largest absolute Gasteiger partial charge is 0.483 e. The highest BCUT2D eigenvalue weighted by Gasteiger charge is 2.29. The first kappa shape index (κ1) is 25.7. The summed E-state index contributed by atoms with van der Waals surface area (Å²) in [6, 6.07) is 4.54. The minimum atomic E-state index is -4.55. The number of rotatable bonds is 6. The van der Waals surface area contributed by atoms with Gasteiger partial charge in [0.25, 0.3) is 5.56 Å². The smallest absolute Gasteiger partial charge is 0.422 e. The fourth-order valence-corrected chi connectivity index (χ4v) is 4.86. The van der Waals surface area contributed by atoms with Gasteiger partial charge < -0.3 is 19.4 Å². The molecule has 1 N–H and O–H groups in total. The molecule has 13 heteroatoms. The minimum Gasteiger partial charge on any atom is -0.483 e. The second kappa shape index (κ2) is 10.4. The van der Waals surface area contributed by atoms with E-state index in [1.54, 1.807) is 4.90 Å². The summed E-state index contributed by atoms with van der Waals surface area (Å²) in [7, 11) is 0. The van der Waals surface area contributed by atoms with Crippen LogP contribution in [0.3, 0.4) is 0 Å². The average Bonchev–Trinajstić information content (AvgIpc) is 3.30. The molecule has 3 aromatic rings. The van der Waals surface area contributed by atoms with Crippen LogP contribution in [0.15, 0.2) is 16.9 Å². The van der Waals surface area contributed by atoms with E-state index < -0.39 is 12.8 Å². The second-order valence-corrected chi connectivity index (χ2v) is 9.31. The van der Waals surface area contributed by atoms with Crippen LogP contribution in [0.1, 0.15) is 41.1 Å². The number of nitrogens with one attached hydrogen (secondary N) is 1. The van der Waals surface area contributed by atoms with Gasteiger partial charge in [-0.05, 0) is 37.3 Å². The predicted octanol–water partition coefficient (Wildman–Crippen LogP) is 2.26. The van der Waals surface area contributed by atoms with Crippen LogP contribution >= 0.6 is 0 Å². The number of morpholine rings is 1. The Morgan fingerprint density at radius 3 is 2.63 bits per heavy atom. The van der Waals surface area contributed by atoms with E-state index in [0.717, 1.165) is 18.4 Å². The molecule has 0 saturated carbocycles. The van der Waals surface area contributed by atoms with Crippen molar-refractivity contribution in [2.45, 2.75) is 44.8 Å². The van der Waals surface area contributed by atoms with Crippen LogP contribution in [-0.4, -0.2) is 69.6 Å². The molecule has 2 aliphatic rings. The number of carbonyl (C=O) groups excluding carboxylic acids is 1. The summed E-state index contributed by atoms with van der Waals surface area (Å²) in [5, 5.41) is 13.9. The molecule has 0 spiro atoms. The monoisotopic (exact) mass is 530 g/mol. The summed E-state index contributed by atoms with van der Waals surface area (Å²) in [5.74, 6) is 0.0478. The van der Waals surface area contributed by atoms with Crippen molar-refractivity contribution in [3.8, 4) is 11.8 Å². The van der Waals surface area contributed by atoms with Gasteiger partial charge in [-0.3, -0.25) is 9.59 Å². The maximum Gasteiger partial charge on any atom is 0.422 e. The second-order valence-electron chi connectivity index (χ2n) is 9.31. The first-order valence-electron chi connectivity index (χ1n) is 12.3. The fourth-order valence-electron chi connectivity index (χ4n) is 4.86. The Balaban J connectivity index is 1.45. The van der Waals surface area contributed by atoms with Crippen molar-refractivity contribution in [2.75, 3.05) is 32.9 Å². The lowest BCUT2D eigenvalue weighted by molar-refractivity contribution is -0.153. The zero-order valence-corrected chi connectivity index (χ0v) is 20.4. The van der Waals surface area contributed by atoms with Gasteiger partial charge in [-0.25, -0.2) is 9.67 Å². The number of imidazole rings is 1. The van der Waals surface area contributed by atoms with Gasteiger partial charge in [0, 0.05) is 24.7 Å². The van der Waals surface area contributed by atoms with Gasteiger partial charge in [0.1, 0.15) is 24.2 Å². The molecule has 1 aromatic carbocycles. The highest BCUT2D eigenvalue weighted by molar-refractivity contribution is 5.79. The van der Waals surface area contributed by atoms with E-state index in [2.05, 4.69) is 15.1 Å². The van der Waals surface area contributed by atoms with Gasteiger partial charge in [0.15, 0.2) is 6.61 Å². The topological polar surface area (TPSA) is 126 Å². The lowest BCUT2D eigenvalue weighted by Gasteiger charge is -2.27. The van der Waals surface area contributed by atoms with Gasteiger partial charge in [-0.1, -0.05) is 0 Å². The first-order valence-corrected chi connectivity index (χ1v) is 12.3. The lowest BCUT2D eigenvalue weighted by Crippen LogP contribution is -2.44. The standard InChI is InChI=1S/C25H25F3N6O4/c26-25(27,28)14-38-21-10-20-19(9-15(21)12-29)30-22(31-20)11-18-16-3-1-2-4-17(16)24(36)34(32-18)13-23(35)33-5-7-37-8-6-33/h9-10H,1-8,11,13-14H2,(H,30,31). The number of aromatic nitrogens is 4. The number of halogens is 3. The Morgan fingerprint density at radius 2 is 1.92 bits per heavy atom. The zero-order chi connectivity index (χ0) is 26.9. The van der Waals surface area contributed by atoms with Crippen LogP contribution in [0.25, 0.3) is 11.0 Å². The molecule has 3 heterocycles. The zero-order valence-electron chi connectivity index (χ0n) is 20.4. The Labute approximate surface area is 215 Å². The van der Waals surface area contributed by atoms with Gasteiger partial charge in [-0.2, -0.15) is 23.5 Å². The molecule has 1 aliphatic carbocycles. The van der Waals surface area contributed by atoms with Crippen molar-refractivity contribution < 1.29 is 27.4 Å². The number of aromatic amines is 1. The van der Waals surface area contributed by atoms with E-state index in [9.17, 15) is 28.0 Å².